The van der Waals surface area contributed by atoms with E-state index in [-0.39, 0.29) is 29.5 Å². The smallest absolute Gasteiger partial charge is 0.350 e. The summed E-state index contributed by atoms with van der Waals surface area (Å²) in [5, 5.41) is 13.8. The second-order valence-corrected chi connectivity index (χ2v) is 7.79. The number of rotatable bonds is 6. The molecule has 0 spiro atoms. The number of ether oxygens (including phenoxy) is 3. The van der Waals surface area contributed by atoms with Crippen LogP contribution < -0.4 is 14.8 Å². The second kappa shape index (κ2) is 9.06. The molecular formula is C22H18N2O7S. The van der Waals surface area contributed by atoms with Gasteiger partial charge in [0.25, 0.3) is 11.6 Å². The van der Waals surface area contributed by atoms with Crippen molar-refractivity contribution in [2.45, 2.75) is 13.0 Å². The number of amides is 1. The third-order valence-electron chi connectivity index (χ3n) is 4.59. The van der Waals surface area contributed by atoms with Gasteiger partial charge in [0.05, 0.1) is 17.2 Å². The highest BCUT2D eigenvalue weighted by molar-refractivity contribution is 7.18. The van der Waals surface area contributed by atoms with Gasteiger partial charge in [0.1, 0.15) is 11.5 Å². The van der Waals surface area contributed by atoms with Crippen molar-refractivity contribution in [1.29, 1.82) is 0 Å². The Labute approximate surface area is 186 Å². The summed E-state index contributed by atoms with van der Waals surface area (Å²) in [6, 6.07) is 14.6. The highest BCUT2D eigenvalue weighted by Gasteiger charge is 2.29. The minimum Gasteiger partial charge on any atom is -0.485 e. The minimum absolute atomic E-state index is 0.0134. The number of esters is 1. The van der Waals surface area contributed by atoms with E-state index in [1.807, 2.05) is 0 Å². The number of benzene rings is 2. The zero-order valence-electron chi connectivity index (χ0n) is 16.9. The Balaban J connectivity index is 1.61. The van der Waals surface area contributed by atoms with Gasteiger partial charge in [-0.15, -0.1) is 11.3 Å². The fourth-order valence-corrected chi connectivity index (χ4v) is 4.11. The number of nitro benzene ring substituents is 1. The molecule has 2 heterocycles. The lowest BCUT2D eigenvalue weighted by Crippen LogP contribution is -2.40. The van der Waals surface area contributed by atoms with Crippen LogP contribution in [0.4, 0.5) is 11.4 Å². The molecule has 32 heavy (non-hydrogen) atoms. The summed E-state index contributed by atoms with van der Waals surface area (Å²) in [5.41, 5.74) is 0.703. The first-order valence-corrected chi connectivity index (χ1v) is 10.5. The summed E-state index contributed by atoms with van der Waals surface area (Å²) in [7, 11) is 0. The molecule has 1 aromatic heterocycles. The number of nitrogens with zero attached hydrogens (tertiary/aromatic N) is 1. The lowest BCUT2D eigenvalue weighted by Gasteiger charge is -2.25. The lowest BCUT2D eigenvalue weighted by atomic mass is 10.1. The number of anilines is 1. The Bertz CT molecular complexity index is 1190. The molecule has 1 N–H and O–H groups in total. The molecule has 0 radical (unpaired) electrons. The zero-order chi connectivity index (χ0) is 22.7. The normalized spacial score (nSPS) is 14.5. The third-order valence-corrected chi connectivity index (χ3v) is 5.76. The molecule has 0 unspecified atom stereocenters. The second-order valence-electron chi connectivity index (χ2n) is 6.73. The SMILES string of the molecule is CCOC(=O)c1sc(-c2cccc([N+](=O)[O-])c2)cc1NC(=O)[C@@H]1COc2ccccc2O1. The average molecular weight is 454 g/mol. The van der Waals surface area contributed by atoms with Crippen molar-refractivity contribution in [2.75, 3.05) is 18.5 Å². The van der Waals surface area contributed by atoms with Crippen LogP contribution >= 0.6 is 11.3 Å². The van der Waals surface area contributed by atoms with Crippen LogP contribution in [0.1, 0.15) is 16.6 Å². The van der Waals surface area contributed by atoms with Gasteiger partial charge in [0.2, 0.25) is 6.10 Å². The summed E-state index contributed by atoms with van der Waals surface area (Å²) in [6.45, 7) is 1.85. The molecule has 4 rings (SSSR count). The van der Waals surface area contributed by atoms with Gasteiger partial charge < -0.3 is 19.5 Å². The molecule has 10 heteroatoms. The van der Waals surface area contributed by atoms with E-state index in [1.165, 1.54) is 12.1 Å². The number of hydrogen-bond acceptors (Lipinski definition) is 8. The highest BCUT2D eigenvalue weighted by atomic mass is 32.1. The van der Waals surface area contributed by atoms with Gasteiger partial charge >= 0.3 is 5.97 Å². The Morgan fingerprint density at radius 2 is 1.97 bits per heavy atom. The van der Waals surface area contributed by atoms with Gasteiger partial charge in [0, 0.05) is 17.0 Å². The molecule has 0 fully saturated rings. The van der Waals surface area contributed by atoms with Crippen LogP contribution in [0, 0.1) is 10.1 Å². The average Bonchev–Trinajstić information content (AvgIpc) is 3.23. The predicted molar refractivity (Wildman–Crippen MR) is 117 cm³/mol. The van der Waals surface area contributed by atoms with Crippen LogP contribution in [-0.4, -0.2) is 36.1 Å². The third kappa shape index (κ3) is 4.40. The van der Waals surface area contributed by atoms with E-state index >= 15 is 0 Å². The molecule has 0 bridgehead atoms. The fraction of sp³-hybridized carbons (Fsp3) is 0.182. The van der Waals surface area contributed by atoms with Crippen LogP contribution in [0.5, 0.6) is 11.5 Å². The van der Waals surface area contributed by atoms with Crippen LogP contribution in [0.25, 0.3) is 10.4 Å². The Morgan fingerprint density at radius 1 is 1.19 bits per heavy atom. The summed E-state index contributed by atoms with van der Waals surface area (Å²) in [4.78, 5) is 36.7. The van der Waals surface area contributed by atoms with Crippen LogP contribution in [0.15, 0.2) is 54.6 Å². The van der Waals surface area contributed by atoms with Gasteiger partial charge in [-0.3, -0.25) is 14.9 Å². The van der Waals surface area contributed by atoms with Crippen molar-refractivity contribution in [3.05, 3.63) is 69.6 Å². The van der Waals surface area contributed by atoms with Gasteiger partial charge in [0.15, 0.2) is 11.5 Å². The molecule has 3 aromatic rings. The van der Waals surface area contributed by atoms with E-state index in [1.54, 1.807) is 49.4 Å². The number of carbonyl (C=O) groups excluding carboxylic acids is 2. The predicted octanol–water partition coefficient (Wildman–Crippen LogP) is 4.28. The van der Waals surface area contributed by atoms with E-state index in [9.17, 15) is 19.7 Å². The maximum absolute atomic E-state index is 12.8. The quantitative estimate of drug-likeness (QED) is 0.336. The van der Waals surface area contributed by atoms with E-state index in [4.69, 9.17) is 14.2 Å². The number of hydrogen-bond donors (Lipinski definition) is 1. The van der Waals surface area contributed by atoms with Gasteiger partial charge in [-0.2, -0.15) is 0 Å². The van der Waals surface area contributed by atoms with Gasteiger partial charge in [-0.05, 0) is 30.7 Å². The maximum atomic E-state index is 12.8. The van der Waals surface area contributed by atoms with Crippen molar-refractivity contribution in [3.63, 3.8) is 0 Å². The summed E-state index contributed by atoms with van der Waals surface area (Å²) in [6.07, 6.45) is -0.916. The Morgan fingerprint density at radius 3 is 2.72 bits per heavy atom. The number of thiophene rings is 1. The molecule has 2 aromatic carbocycles. The Hall–Kier alpha value is -3.92. The number of para-hydroxylation sites is 2. The van der Waals surface area contributed by atoms with E-state index in [0.29, 0.717) is 21.9 Å². The van der Waals surface area contributed by atoms with E-state index in [0.717, 1.165) is 11.3 Å². The number of nitro groups is 1. The van der Waals surface area contributed by atoms with E-state index < -0.39 is 22.9 Å². The number of non-ortho nitro benzene ring substituents is 1. The number of carbonyl (C=O) groups is 2. The first-order valence-electron chi connectivity index (χ1n) is 9.71. The van der Waals surface area contributed by atoms with Crippen LogP contribution in [0.3, 0.4) is 0 Å². The highest BCUT2D eigenvalue weighted by Crippen LogP contribution is 2.37. The summed E-state index contributed by atoms with van der Waals surface area (Å²) >= 11 is 1.07. The molecule has 0 aliphatic carbocycles. The number of fused-ring (bicyclic) bond motifs is 1. The molecule has 1 atom stereocenters. The van der Waals surface area contributed by atoms with Crippen molar-refractivity contribution in [1.82, 2.24) is 0 Å². The Kier molecular flexibility index (Phi) is 6.04. The van der Waals surface area contributed by atoms with Crippen molar-refractivity contribution in [3.8, 4) is 21.9 Å². The van der Waals surface area contributed by atoms with E-state index in [2.05, 4.69) is 5.32 Å². The first kappa shape index (κ1) is 21.3. The standard InChI is InChI=1S/C22H18N2O7S/c1-2-29-22(26)20-15(11-19(32-20)13-6-5-7-14(10-13)24(27)28)23-21(25)18-12-30-16-8-3-4-9-17(16)31-18/h3-11,18H,2,12H2,1H3,(H,23,25)/t18-/m0/s1. The summed E-state index contributed by atoms with van der Waals surface area (Å²) < 4.78 is 16.4. The molecule has 164 valence electrons. The van der Waals surface area contributed by atoms with Crippen LogP contribution in [0.2, 0.25) is 0 Å². The first-order chi connectivity index (χ1) is 15.5. The lowest BCUT2D eigenvalue weighted by molar-refractivity contribution is -0.384. The molecule has 1 aliphatic rings. The van der Waals surface area contributed by atoms with Crippen molar-refractivity contribution < 1.29 is 28.7 Å². The van der Waals surface area contributed by atoms with Crippen molar-refractivity contribution in [2.24, 2.45) is 0 Å². The largest absolute Gasteiger partial charge is 0.485 e. The van der Waals surface area contributed by atoms with Gasteiger partial charge in [-0.25, -0.2) is 4.79 Å². The summed E-state index contributed by atoms with van der Waals surface area (Å²) in [5.74, 6) is -0.0940. The fourth-order valence-electron chi connectivity index (χ4n) is 3.11. The van der Waals surface area contributed by atoms with Gasteiger partial charge in [-0.1, -0.05) is 24.3 Å². The molecule has 0 saturated heterocycles. The maximum Gasteiger partial charge on any atom is 0.350 e. The zero-order valence-corrected chi connectivity index (χ0v) is 17.7. The number of nitrogens with one attached hydrogen (secondary N) is 1. The van der Waals surface area contributed by atoms with Crippen molar-refractivity contribution >= 4 is 34.6 Å². The van der Waals surface area contributed by atoms with Crippen LogP contribution in [-0.2, 0) is 9.53 Å². The molecule has 1 amide bonds. The monoisotopic (exact) mass is 454 g/mol. The molecule has 9 nitrogen and oxygen atoms in total. The molecular weight excluding hydrogens is 436 g/mol. The topological polar surface area (TPSA) is 117 Å². The molecule has 1 aliphatic heterocycles. The molecule has 0 saturated carbocycles. The minimum atomic E-state index is -0.916.